The van der Waals surface area contributed by atoms with Crippen LogP contribution in [0.2, 0.25) is 0 Å². The molecule has 3 rings (SSSR count). The van der Waals surface area contributed by atoms with Crippen LogP contribution in [0.4, 0.5) is 4.79 Å². The van der Waals surface area contributed by atoms with Crippen molar-refractivity contribution in [2.45, 2.75) is 26.8 Å². The van der Waals surface area contributed by atoms with E-state index in [0.29, 0.717) is 12.3 Å². The number of likely N-dealkylation sites (N-methyl/N-ethyl adjacent to an activating group) is 1. The van der Waals surface area contributed by atoms with E-state index in [0.717, 1.165) is 34.1 Å². The van der Waals surface area contributed by atoms with Crippen molar-refractivity contribution in [3.05, 3.63) is 60.3 Å². The zero-order valence-corrected chi connectivity index (χ0v) is 16.0. The summed E-state index contributed by atoms with van der Waals surface area (Å²) >= 11 is 0. The van der Waals surface area contributed by atoms with E-state index >= 15 is 0 Å². The Morgan fingerprint density at radius 1 is 1.11 bits per heavy atom. The van der Waals surface area contributed by atoms with E-state index < -0.39 is 6.09 Å². The number of hydrogen-bond acceptors (Lipinski definition) is 4. The third kappa shape index (κ3) is 4.44. The number of benzene rings is 2. The summed E-state index contributed by atoms with van der Waals surface area (Å²) in [5.41, 5.74) is 3.11. The van der Waals surface area contributed by atoms with Crippen molar-refractivity contribution in [1.29, 1.82) is 0 Å². The van der Waals surface area contributed by atoms with Crippen LogP contribution in [0.5, 0.6) is 5.75 Å². The van der Waals surface area contributed by atoms with Crippen molar-refractivity contribution in [3.8, 4) is 17.0 Å². The molecule has 0 spiro atoms. The van der Waals surface area contributed by atoms with Crippen molar-refractivity contribution in [2.75, 3.05) is 13.1 Å². The van der Waals surface area contributed by atoms with Crippen molar-refractivity contribution < 1.29 is 9.53 Å². The second-order valence-corrected chi connectivity index (χ2v) is 6.57. The Balaban J connectivity index is 1.89. The van der Waals surface area contributed by atoms with Gasteiger partial charge >= 0.3 is 6.09 Å². The predicted octanol–water partition coefficient (Wildman–Crippen LogP) is 4.30. The molecule has 1 amide bonds. The fraction of sp³-hybridized carbons (Fsp3) is 0.273. The van der Waals surface area contributed by atoms with Crippen LogP contribution in [-0.2, 0) is 0 Å². The molecule has 140 valence electrons. The normalized spacial score (nSPS) is 12.0. The Kier molecular flexibility index (Phi) is 6.04. The Hall–Kier alpha value is -2.92. The van der Waals surface area contributed by atoms with E-state index in [1.165, 1.54) is 0 Å². The minimum Gasteiger partial charge on any atom is -0.408 e. The molecule has 0 aliphatic heterocycles. The monoisotopic (exact) mass is 363 g/mol. The van der Waals surface area contributed by atoms with E-state index in [4.69, 9.17) is 4.74 Å². The topological polar surface area (TPSA) is 63.2 Å². The average molecular weight is 363 g/mol. The quantitative estimate of drug-likeness (QED) is 0.685. The van der Waals surface area contributed by atoms with Crippen molar-refractivity contribution in [2.24, 2.45) is 0 Å². The lowest BCUT2D eigenvalue weighted by atomic mass is 10.00. The fourth-order valence-corrected chi connectivity index (χ4v) is 3.04. The molecule has 0 saturated heterocycles. The molecule has 2 aromatic carbocycles. The number of hydrogen-bond donors (Lipinski definition) is 2. The van der Waals surface area contributed by atoms with Gasteiger partial charge in [-0.05, 0) is 26.0 Å². The highest BCUT2D eigenvalue weighted by atomic mass is 16.6. The zero-order chi connectivity index (χ0) is 19.2. The number of pyridine rings is 1. The number of carbonyl (C=O) groups excluding carboxylic acids is 1. The lowest BCUT2D eigenvalue weighted by Crippen LogP contribution is -2.41. The second kappa shape index (κ2) is 8.64. The summed E-state index contributed by atoms with van der Waals surface area (Å²) in [7, 11) is 0. The van der Waals surface area contributed by atoms with E-state index in [-0.39, 0.29) is 6.04 Å². The maximum absolute atomic E-state index is 12.2. The largest absolute Gasteiger partial charge is 0.412 e. The van der Waals surface area contributed by atoms with Gasteiger partial charge in [-0.3, -0.25) is 4.98 Å². The first kappa shape index (κ1) is 18.9. The van der Waals surface area contributed by atoms with Crippen LogP contribution < -0.4 is 15.4 Å². The SMILES string of the molecule is CCNCC(C)NC(=O)Oc1cnc(-c2ccccc2C)c2ccccc12. The van der Waals surface area contributed by atoms with Gasteiger partial charge in [0, 0.05) is 28.9 Å². The van der Waals surface area contributed by atoms with Gasteiger partial charge in [-0.2, -0.15) is 0 Å². The minimum absolute atomic E-state index is 0.0251. The summed E-state index contributed by atoms with van der Waals surface area (Å²) in [5, 5.41) is 7.84. The number of aryl methyl sites for hydroxylation is 1. The lowest BCUT2D eigenvalue weighted by molar-refractivity contribution is 0.197. The molecule has 1 unspecified atom stereocenters. The minimum atomic E-state index is -0.476. The number of rotatable bonds is 6. The first-order valence-electron chi connectivity index (χ1n) is 9.23. The van der Waals surface area contributed by atoms with Gasteiger partial charge in [0.25, 0.3) is 0 Å². The summed E-state index contributed by atoms with van der Waals surface area (Å²) in [6, 6.07) is 16.0. The molecule has 1 aromatic heterocycles. The highest BCUT2D eigenvalue weighted by Crippen LogP contribution is 2.33. The van der Waals surface area contributed by atoms with Crippen LogP contribution in [0, 0.1) is 6.92 Å². The van der Waals surface area contributed by atoms with Gasteiger partial charge in [0.05, 0.1) is 11.9 Å². The molecule has 0 fully saturated rings. The molecule has 0 saturated carbocycles. The number of ether oxygens (including phenoxy) is 1. The summed E-state index contributed by atoms with van der Waals surface area (Å²) in [5.74, 6) is 0.455. The molecular formula is C22H25N3O2. The van der Waals surface area contributed by atoms with Crippen LogP contribution in [0.3, 0.4) is 0 Å². The van der Waals surface area contributed by atoms with Crippen LogP contribution in [-0.4, -0.2) is 30.2 Å². The number of amides is 1. The van der Waals surface area contributed by atoms with Gasteiger partial charge in [0.2, 0.25) is 0 Å². The number of fused-ring (bicyclic) bond motifs is 1. The molecule has 3 aromatic rings. The van der Waals surface area contributed by atoms with Crippen LogP contribution in [0.1, 0.15) is 19.4 Å². The standard InChI is InChI=1S/C22H25N3O2/c1-4-23-13-16(3)25-22(26)27-20-14-24-21(17-10-6-5-9-15(17)2)19-12-8-7-11-18(19)20/h5-12,14,16,23H,4,13H2,1-3H3,(H,25,26). The molecule has 0 aliphatic carbocycles. The van der Waals surface area contributed by atoms with Crippen molar-refractivity contribution >= 4 is 16.9 Å². The maximum atomic E-state index is 12.2. The van der Waals surface area contributed by atoms with Gasteiger partial charge in [-0.1, -0.05) is 55.5 Å². The van der Waals surface area contributed by atoms with Crippen LogP contribution in [0.15, 0.2) is 54.7 Å². The molecule has 1 heterocycles. The summed E-state index contributed by atoms with van der Waals surface area (Å²) in [6.45, 7) is 7.57. The molecular weight excluding hydrogens is 338 g/mol. The van der Waals surface area contributed by atoms with E-state index in [1.807, 2.05) is 50.2 Å². The van der Waals surface area contributed by atoms with Gasteiger partial charge in [-0.15, -0.1) is 0 Å². The van der Waals surface area contributed by atoms with Crippen molar-refractivity contribution in [1.82, 2.24) is 15.6 Å². The highest BCUT2D eigenvalue weighted by molar-refractivity contribution is 5.99. The van der Waals surface area contributed by atoms with E-state index in [2.05, 4.69) is 34.7 Å². The van der Waals surface area contributed by atoms with Gasteiger partial charge in [0.15, 0.2) is 5.75 Å². The molecule has 1 atom stereocenters. The number of nitrogens with zero attached hydrogens (tertiary/aromatic N) is 1. The molecule has 5 nitrogen and oxygen atoms in total. The first-order valence-corrected chi connectivity index (χ1v) is 9.23. The summed E-state index contributed by atoms with van der Waals surface area (Å²) < 4.78 is 5.56. The summed E-state index contributed by atoms with van der Waals surface area (Å²) in [6.07, 6.45) is 1.15. The van der Waals surface area contributed by atoms with Gasteiger partial charge < -0.3 is 15.4 Å². The number of aromatic nitrogens is 1. The fourth-order valence-electron chi connectivity index (χ4n) is 3.04. The Morgan fingerprint density at radius 3 is 2.56 bits per heavy atom. The second-order valence-electron chi connectivity index (χ2n) is 6.57. The smallest absolute Gasteiger partial charge is 0.408 e. The average Bonchev–Trinajstić information content (AvgIpc) is 2.67. The van der Waals surface area contributed by atoms with Gasteiger partial charge in [-0.25, -0.2) is 4.79 Å². The van der Waals surface area contributed by atoms with E-state index in [1.54, 1.807) is 6.20 Å². The molecule has 0 radical (unpaired) electrons. The zero-order valence-electron chi connectivity index (χ0n) is 16.0. The van der Waals surface area contributed by atoms with Gasteiger partial charge in [0.1, 0.15) is 0 Å². The van der Waals surface area contributed by atoms with Crippen LogP contribution >= 0.6 is 0 Å². The van der Waals surface area contributed by atoms with Crippen molar-refractivity contribution in [3.63, 3.8) is 0 Å². The Labute approximate surface area is 159 Å². The third-order valence-electron chi connectivity index (χ3n) is 4.43. The Bertz CT molecular complexity index is 940. The first-order chi connectivity index (χ1) is 13.1. The molecule has 5 heteroatoms. The molecule has 27 heavy (non-hydrogen) atoms. The predicted molar refractivity (Wildman–Crippen MR) is 109 cm³/mol. The maximum Gasteiger partial charge on any atom is 0.412 e. The molecule has 0 bridgehead atoms. The van der Waals surface area contributed by atoms with E-state index in [9.17, 15) is 4.79 Å². The highest BCUT2D eigenvalue weighted by Gasteiger charge is 2.15. The summed E-state index contributed by atoms with van der Waals surface area (Å²) in [4.78, 5) is 16.9. The molecule has 0 aliphatic rings. The number of carbonyl (C=O) groups is 1. The lowest BCUT2D eigenvalue weighted by Gasteiger charge is -2.15. The Morgan fingerprint density at radius 2 is 1.81 bits per heavy atom. The molecule has 2 N–H and O–H groups in total. The van der Waals surface area contributed by atoms with Crippen LogP contribution in [0.25, 0.3) is 22.0 Å². The third-order valence-corrected chi connectivity index (χ3v) is 4.43. The number of nitrogens with one attached hydrogen (secondary N) is 2.